The molecule has 1 aliphatic carbocycles. The molecule has 0 aromatic heterocycles. The molecule has 0 bridgehead atoms. The molecule has 0 spiro atoms. The maximum Gasteiger partial charge on any atom is 0.343 e. The molecular weight excluding hydrogens is 228 g/mol. The molecule has 1 N–H and O–H groups in total. The average molecular weight is 242 g/mol. The second-order valence-corrected chi connectivity index (χ2v) is 4.12. The number of ether oxygens (including phenoxy) is 1. The maximum atomic E-state index is 11.8. The highest BCUT2D eigenvalue weighted by atomic mass is 16.5. The Bertz CT molecular complexity index is 514. The summed E-state index contributed by atoms with van der Waals surface area (Å²) in [6.45, 7) is 3.56. The first kappa shape index (κ1) is 12.3. The molecule has 92 valence electrons. The zero-order valence-corrected chi connectivity index (χ0v) is 9.87. The summed E-state index contributed by atoms with van der Waals surface area (Å²) in [5, 5.41) is 10.00. The van der Waals surface area contributed by atoms with E-state index in [2.05, 4.69) is 6.58 Å². The first-order chi connectivity index (χ1) is 8.63. The first-order valence-electron chi connectivity index (χ1n) is 5.64. The van der Waals surface area contributed by atoms with E-state index in [4.69, 9.17) is 4.74 Å². The molecule has 0 fully saturated rings. The average Bonchev–Trinajstić information content (AvgIpc) is 2.40. The van der Waals surface area contributed by atoms with Gasteiger partial charge in [0.15, 0.2) is 0 Å². The lowest BCUT2D eigenvalue weighted by molar-refractivity contribution is 0.0556. The van der Waals surface area contributed by atoms with Gasteiger partial charge in [0.05, 0.1) is 5.56 Å². The summed E-state index contributed by atoms with van der Waals surface area (Å²) >= 11 is 0. The van der Waals surface area contributed by atoms with E-state index >= 15 is 0 Å². The molecule has 1 aromatic carbocycles. The van der Waals surface area contributed by atoms with E-state index in [1.807, 2.05) is 6.07 Å². The summed E-state index contributed by atoms with van der Waals surface area (Å²) < 4.78 is 5.24. The molecule has 1 atom stereocenters. The van der Waals surface area contributed by atoms with E-state index in [0.29, 0.717) is 11.3 Å². The van der Waals surface area contributed by atoms with Gasteiger partial charge in [-0.1, -0.05) is 36.9 Å². The Balaban J connectivity index is 2.07. The molecule has 18 heavy (non-hydrogen) atoms. The zero-order valence-electron chi connectivity index (χ0n) is 9.87. The van der Waals surface area contributed by atoms with Crippen LogP contribution in [-0.4, -0.2) is 16.7 Å². The van der Waals surface area contributed by atoms with Gasteiger partial charge in [-0.25, -0.2) is 4.79 Å². The van der Waals surface area contributed by atoms with E-state index in [1.54, 1.807) is 42.5 Å². The van der Waals surface area contributed by atoms with E-state index < -0.39 is 11.6 Å². The molecule has 0 radical (unpaired) electrons. The van der Waals surface area contributed by atoms with E-state index in [0.717, 1.165) is 0 Å². The number of allylic oxidation sites excluding steroid dienone is 2. The Morgan fingerprint density at radius 3 is 2.78 bits per heavy atom. The third kappa shape index (κ3) is 2.76. The van der Waals surface area contributed by atoms with Crippen molar-refractivity contribution in [3.05, 3.63) is 72.5 Å². The van der Waals surface area contributed by atoms with Crippen LogP contribution in [-0.2, 0) is 4.74 Å². The molecule has 3 nitrogen and oxygen atoms in total. The molecule has 2 rings (SSSR count). The van der Waals surface area contributed by atoms with Crippen LogP contribution >= 0.6 is 0 Å². The largest absolute Gasteiger partial charge is 0.427 e. The van der Waals surface area contributed by atoms with Crippen LogP contribution in [0.25, 0.3) is 0 Å². The van der Waals surface area contributed by atoms with Crippen molar-refractivity contribution in [1.82, 2.24) is 0 Å². The Morgan fingerprint density at radius 2 is 2.11 bits per heavy atom. The lowest BCUT2D eigenvalue weighted by atomic mass is 9.94. The Labute approximate surface area is 106 Å². The van der Waals surface area contributed by atoms with Crippen LogP contribution in [0.3, 0.4) is 0 Å². The summed E-state index contributed by atoms with van der Waals surface area (Å²) in [6.07, 6.45) is 6.57. The number of carbonyl (C=O) groups is 1. The van der Waals surface area contributed by atoms with Crippen LogP contribution in [0.1, 0.15) is 16.8 Å². The number of hydrogen-bond acceptors (Lipinski definition) is 3. The highest BCUT2D eigenvalue weighted by Crippen LogP contribution is 2.25. The van der Waals surface area contributed by atoms with Gasteiger partial charge in [-0.2, -0.15) is 0 Å². The third-order valence-electron chi connectivity index (χ3n) is 2.71. The molecular formula is C15H14O3. The van der Waals surface area contributed by atoms with Crippen molar-refractivity contribution in [3.8, 4) is 0 Å². The standard InChI is InChI=1S/C15H14O3/c1-2-15(17)10-6-9-13(11-15)18-14(16)12-7-4-3-5-8-12/h2-10,17H,1,11H2. The van der Waals surface area contributed by atoms with Gasteiger partial charge >= 0.3 is 5.97 Å². The normalized spacial score (nSPS) is 22.2. The van der Waals surface area contributed by atoms with Crippen LogP contribution in [0.5, 0.6) is 0 Å². The van der Waals surface area contributed by atoms with Crippen LogP contribution < -0.4 is 0 Å². The number of rotatable bonds is 3. The minimum atomic E-state index is -1.14. The van der Waals surface area contributed by atoms with Gasteiger partial charge in [0.25, 0.3) is 0 Å². The summed E-state index contributed by atoms with van der Waals surface area (Å²) in [6, 6.07) is 8.73. The summed E-state index contributed by atoms with van der Waals surface area (Å²) in [5.41, 5.74) is -0.656. The van der Waals surface area contributed by atoms with E-state index in [-0.39, 0.29) is 6.42 Å². The van der Waals surface area contributed by atoms with Gasteiger partial charge in [0, 0.05) is 6.42 Å². The number of hydrogen-bond donors (Lipinski definition) is 1. The van der Waals surface area contributed by atoms with E-state index in [9.17, 15) is 9.90 Å². The number of esters is 1. The summed E-state index contributed by atoms with van der Waals surface area (Å²) in [5.74, 6) is -0.00249. The van der Waals surface area contributed by atoms with Crippen molar-refractivity contribution in [2.24, 2.45) is 0 Å². The molecule has 1 unspecified atom stereocenters. The molecule has 0 saturated heterocycles. The van der Waals surface area contributed by atoms with Crippen molar-refractivity contribution in [3.63, 3.8) is 0 Å². The lowest BCUT2D eigenvalue weighted by Crippen LogP contribution is -2.26. The summed E-state index contributed by atoms with van der Waals surface area (Å²) in [7, 11) is 0. The second kappa shape index (κ2) is 5.02. The Kier molecular flexibility index (Phi) is 3.44. The van der Waals surface area contributed by atoms with Gasteiger partial charge in [-0.15, -0.1) is 0 Å². The monoisotopic (exact) mass is 242 g/mol. The van der Waals surface area contributed by atoms with Gasteiger partial charge in [-0.3, -0.25) is 0 Å². The van der Waals surface area contributed by atoms with Crippen molar-refractivity contribution < 1.29 is 14.6 Å². The fourth-order valence-corrected chi connectivity index (χ4v) is 1.68. The van der Waals surface area contributed by atoms with Gasteiger partial charge in [0.2, 0.25) is 0 Å². The first-order valence-corrected chi connectivity index (χ1v) is 5.64. The fourth-order valence-electron chi connectivity index (χ4n) is 1.68. The fraction of sp³-hybridized carbons (Fsp3) is 0.133. The molecule has 3 heteroatoms. The van der Waals surface area contributed by atoms with Gasteiger partial charge < -0.3 is 9.84 Å². The number of aliphatic hydroxyl groups is 1. The van der Waals surface area contributed by atoms with Crippen LogP contribution in [0.2, 0.25) is 0 Å². The van der Waals surface area contributed by atoms with Crippen molar-refractivity contribution in [1.29, 1.82) is 0 Å². The SMILES string of the molecule is C=CC1(O)C=CC=C(OC(=O)c2ccccc2)C1. The van der Waals surface area contributed by atoms with Crippen molar-refractivity contribution in [2.75, 3.05) is 0 Å². The van der Waals surface area contributed by atoms with Crippen molar-refractivity contribution >= 4 is 5.97 Å². The predicted octanol–water partition coefficient (Wildman–Crippen LogP) is 2.60. The third-order valence-corrected chi connectivity index (χ3v) is 2.71. The number of carbonyl (C=O) groups excluding carboxylic acids is 1. The molecule has 0 saturated carbocycles. The smallest absolute Gasteiger partial charge is 0.343 e. The minimum absolute atomic E-state index is 0.214. The highest BCUT2D eigenvalue weighted by Gasteiger charge is 2.25. The van der Waals surface area contributed by atoms with Crippen molar-refractivity contribution in [2.45, 2.75) is 12.0 Å². The maximum absolute atomic E-state index is 11.8. The highest BCUT2D eigenvalue weighted by molar-refractivity contribution is 5.90. The van der Waals surface area contributed by atoms with Crippen LogP contribution in [0.4, 0.5) is 0 Å². The van der Waals surface area contributed by atoms with Crippen LogP contribution in [0.15, 0.2) is 67.0 Å². The van der Waals surface area contributed by atoms with Gasteiger partial charge in [-0.05, 0) is 24.3 Å². The zero-order chi connectivity index (χ0) is 13.0. The molecule has 1 aliphatic rings. The number of benzene rings is 1. The molecule has 0 amide bonds. The summed E-state index contributed by atoms with van der Waals surface area (Å²) in [4.78, 5) is 11.8. The lowest BCUT2D eigenvalue weighted by Gasteiger charge is -2.24. The molecule has 1 aromatic rings. The van der Waals surface area contributed by atoms with Crippen LogP contribution in [0, 0.1) is 0 Å². The predicted molar refractivity (Wildman–Crippen MR) is 68.8 cm³/mol. The Morgan fingerprint density at radius 1 is 1.39 bits per heavy atom. The van der Waals surface area contributed by atoms with Gasteiger partial charge in [0.1, 0.15) is 11.4 Å². The quantitative estimate of drug-likeness (QED) is 0.654. The second-order valence-electron chi connectivity index (χ2n) is 4.12. The van der Waals surface area contributed by atoms with E-state index in [1.165, 1.54) is 6.08 Å². The molecule has 0 heterocycles. The Hall–Kier alpha value is -2.13. The molecule has 0 aliphatic heterocycles. The minimum Gasteiger partial charge on any atom is -0.427 e. The topological polar surface area (TPSA) is 46.5 Å².